The number of hydrogen-bond acceptors (Lipinski definition) is 7. The van der Waals surface area contributed by atoms with E-state index in [1.165, 1.54) is 9.80 Å². The van der Waals surface area contributed by atoms with Crippen LogP contribution in [0.5, 0.6) is 0 Å². The number of anilines is 2. The Morgan fingerprint density at radius 1 is 1.53 bits per heavy atom. The van der Waals surface area contributed by atoms with Gasteiger partial charge in [0.1, 0.15) is 6.20 Å². The lowest BCUT2D eigenvalue weighted by molar-refractivity contribution is -0.384. The molecule has 2 N–H and O–H groups in total. The number of carbonyl (C=O) groups is 1. The van der Waals surface area contributed by atoms with Gasteiger partial charge in [0.15, 0.2) is 0 Å². The maximum absolute atomic E-state index is 11.7. The number of hydrogen-bond donors (Lipinski definition) is 1. The van der Waals surface area contributed by atoms with Crippen molar-refractivity contribution in [2.75, 3.05) is 37.8 Å². The largest absolute Gasteiger partial charge is 0.368 e. The highest BCUT2D eigenvalue weighted by Gasteiger charge is 2.23. The Kier molecular flexibility index (Phi) is 4.56. The number of nitro groups is 1. The Balaban J connectivity index is 3.13. The van der Waals surface area contributed by atoms with Crippen molar-refractivity contribution < 1.29 is 9.72 Å². The molecule has 0 aliphatic heterocycles. The fourth-order valence-electron chi connectivity index (χ4n) is 1.38. The zero-order valence-corrected chi connectivity index (χ0v) is 11.0. The first kappa shape index (κ1) is 14.6. The van der Waals surface area contributed by atoms with Gasteiger partial charge in [0.25, 0.3) is 0 Å². The molecule has 0 aliphatic carbocycles. The molecule has 1 aromatic heterocycles. The summed E-state index contributed by atoms with van der Waals surface area (Å²) in [5.41, 5.74) is 5.17. The second-order valence-electron chi connectivity index (χ2n) is 4.00. The van der Waals surface area contributed by atoms with Crippen LogP contribution in [-0.4, -0.2) is 52.9 Å². The van der Waals surface area contributed by atoms with Crippen LogP contribution in [0.25, 0.3) is 0 Å². The average Bonchev–Trinajstić information content (AvgIpc) is 2.34. The van der Waals surface area contributed by atoms with Gasteiger partial charge in [-0.3, -0.25) is 14.9 Å². The van der Waals surface area contributed by atoms with Crippen LogP contribution in [0.15, 0.2) is 6.20 Å². The number of nitrogen functional groups attached to an aromatic ring is 1. The number of aromatic nitrogens is 2. The SMILES string of the molecule is CCN(CC(=O)N(C)C)c1nc(N)ncc1[N+](=O)[O-]. The number of amides is 1. The highest BCUT2D eigenvalue weighted by atomic mass is 16.6. The smallest absolute Gasteiger partial charge is 0.329 e. The molecule has 0 unspecified atom stereocenters. The molecule has 0 saturated carbocycles. The van der Waals surface area contributed by atoms with E-state index in [1.807, 2.05) is 0 Å². The van der Waals surface area contributed by atoms with Crippen molar-refractivity contribution in [2.24, 2.45) is 0 Å². The van der Waals surface area contributed by atoms with E-state index < -0.39 is 4.92 Å². The van der Waals surface area contributed by atoms with E-state index >= 15 is 0 Å². The summed E-state index contributed by atoms with van der Waals surface area (Å²) in [5.74, 6) is -0.208. The summed E-state index contributed by atoms with van der Waals surface area (Å²) in [6, 6.07) is 0. The fraction of sp³-hybridized carbons (Fsp3) is 0.500. The standard InChI is InChI=1S/C10H16N6O3/c1-4-15(6-8(17)14(2)3)9-7(16(18)19)5-12-10(11)13-9/h5H,4,6H2,1-3H3,(H2,11,12,13). The van der Waals surface area contributed by atoms with E-state index in [0.29, 0.717) is 6.54 Å². The van der Waals surface area contributed by atoms with Crippen LogP contribution >= 0.6 is 0 Å². The van der Waals surface area contributed by atoms with Crippen molar-refractivity contribution in [3.05, 3.63) is 16.3 Å². The molecular formula is C10H16N6O3. The van der Waals surface area contributed by atoms with Crippen LogP contribution in [0.1, 0.15) is 6.92 Å². The molecule has 0 spiro atoms. The minimum absolute atomic E-state index is 0.0131. The molecule has 9 nitrogen and oxygen atoms in total. The van der Waals surface area contributed by atoms with Crippen molar-refractivity contribution in [2.45, 2.75) is 6.92 Å². The number of likely N-dealkylation sites (N-methyl/N-ethyl adjacent to an activating group) is 2. The van der Waals surface area contributed by atoms with E-state index in [-0.39, 0.29) is 29.9 Å². The van der Waals surface area contributed by atoms with Crippen LogP contribution in [0.2, 0.25) is 0 Å². The van der Waals surface area contributed by atoms with Crippen molar-refractivity contribution in [3.8, 4) is 0 Å². The van der Waals surface area contributed by atoms with E-state index in [0.717, 1.165) is 6.20 Å². The number of nitrogens with zero attached hydrogens (tertiary/aromatic N) is 5. The minimum atomic E-state index is -0.600. The fourth-order valence-corrected chi connectivity index (χ4v) is 1.38. The highest BCUT2D eigenvalue weighted by Crippen LogP contribution is 2.25. The maximum atomic E-state index is 11.7. The van der Waals surface area contributed by atoms with Crippen molar-refractivity contribution >= 4 is 23.4 Å². The van der Waals surface area contributed by atoms with Gasteiger partial charge in [0, 0.05) is 20.6 Å². The molecule has 1 aromatic rings. The summed E-state index contributed by atoms with van der Waals surface area (Å²) < 4.78 is 0. The summed E-state index contributed by atoms with van der Waals surface area (Å²) in [6.45, 7) is 2.14. The van der Waals surface area contributed by atoms with Crippen molar-refractivity contribution in [1.29, 1.82) is 0 Å². The lowest BCUT2D eigenvalue weighted by atomic mass is 10.3. The Morgan fingerprint density at radius 3 is 2.63 bits per heavy atom. The Bertz CT molecular complexity index is 490. The first-order valence-electron chi connectivity index (χ1n) is 5.58. The predicted molar refractivity (Wildman–Crippen MR) is 69.7 cm³/mol. The van der Waals surface area contributed by atoms with Gasteiger partial charge in [-0.15, -0.1) is 0 Å². The van der Waals surface area contributed by atoms with Gasteiger partial charge in [0.2, 0.25) is 17.7 Å². The highest BCUT2D eigenvalue weighted by molar-refractivity contribution is 5.81. The molecule has 0 bridgehead atoms. The first-order valence-corrected chi connectivity index (χ1v) is 5.58. The molecule has 1 amide bonds. The summed E-state index contributed by atoms with van der Waals surface area (Å²) in [5, 5.41) is 10.9. The molecule has 19 heavy (non-hydrogen) atoms. The van der Waals surface area contributed by atoms with Gasteiger partial charge in [-0.05, 0) is 6.92 Å². The molecular weight excluding hydrogens is 252 g/mol. The molecule has 0 radical (unpaired) electrons. The maximum Gasteiger partial charge on any atom is 0.329 e. The zero-order chi connectivity index (χ0) is 14.6. The normalized spacial score (nSPS) is 10.1. The number of nitrogens with two attached hydrogens (primary N) is 1. The van der Waals surface area contributed by atoms with Gasteiger partial charge >= 0.3 is 5.69 Å². The monoisotopic (exact) mass is 268 g/mol. The lowest BCUT2D eigenvalue weighted by Crippen LogP contribution is -2.37. The molecule has 104 valence electrons. The summed E-state index contributed by atoms with van der Waals surface area (Å²) in [4.78, 5) is 32.4. The topological polar surface area (TPSA) is 118 Å². The zero-order valence-electron chi connectivity index (χ0n) is 11.0. The molecule has 0 saturated heterocycles. The third kappa shape index (κ3) is 3.50. The first-order chi connectivity index (χ1) is 8.86. The Labute approximate surface area is 110 Å². The van der Waals surface area contributed by atoms with Crippen LogP contribution in [0.3, 0.4) is 0 Å². The van der Waals surface area contributed by atoms with Gasteiger partial charge < -0.3 is 15.5 Å². The predicted octanol–water partition coefficient (Wildman–Crippen LogP) is -0.118. The number of rotatable bonds is 5. The summed E-state index contributed by atoms with van der Waals surface area (Å²) in [6.07, 6.45) is 1.04. The van der Waals surface area contributed by atoms with E-state index in [1.54, 1.807) is 21.0 Å². The average molecular weight is 268 g/mol. The molecule has 1 rings (SSSR count). The molecule has 0 atom stereocenters. The Hall–Kier alpha value is -2.45. The summed E-state index contributed by atoms with van der Waals surface area (Å²) in [7, 11) is 3.22. The molecule has 1 heterocycles. The van der Waals surface area contributed by atoms with Crippen LogP contribution in [-0.2, 0) is 4.79 Å². The second-order valence-corrected chi connectivity index (χ2v) is 4.00. The molecule has 9 heteroatoms. The van der Waals surface area contributed by atoms with E-state index in [9.17, 15) is 14.9 Å². The Morgan fingerprint density at radius 2 is 2.16 bits per heavy atom. The van der Waals surface area contributed by atoms with Gasteiger partial charge in [0.05, 0.1) is 11.5 Å². The molecule has 0 aromatic carbocycles. The lowest BCUT2D eigenvalue weighted by Gasteiger charge is -2.22. The van der Waals surface area contributed by atoms with Crippen LogP contribution in [0, 0.1) is 10.1 Å². The third-order valence-electron chi connectivity index (χ3n) is 2.47. The van der Waals surface area contributed by atoms with Crippen molar-refractivity contribution in [1.82, 2.24) is 14.9 Å². The van der Waals surface area contributed by atoms with E-state index in [2.05, 4.69) is 9.97 Å². The molecule has 0 fully saturated rings. The summed E-state index contributed by atoms with van der Waals surface area (Å²) >= 11 is 0. The number of carbonyl (C=O) groups excluding carboxylic acids is 1. The van der Waals surface area contributed by atoms with Gasteiger partial charge in [-0.2, -0.15) is 4.98 Å². The third-order valence-corrected chi connectivity index (χ3v) is 2.47. The van der Waals surface area contributed by atoms with Gasteiger partial charge in [-0.25, -0.2) is 4.98 Å². The molecule has 0 aliphatic rings. The van der Waals surface area contributed by atoms with Gasteiger partial charge in [-0.1, -0.05) is 0 Å². The minimum Gasteiger partial charge on any atom is -0.368 e. The van der Waals surface area contributed by atoms with E-state index in [4.69, 9.17) is 5.73 Å². The van der Waals surface area contributed by atoms with Crippen LogP contribution in [0.4, 0.5) is 17.5 Å². The van der Waals surface area contributed by atoms with Crippen molar-refractivity contribution in [3.63, 3.8) is 0 Å². The quantitative estimate of drug-likeness (QED) is 0.584. The van der Waals surface area contributed by atoms with Crippen LogP contribution < -0.4 is 10.6 Å². The second kappa shape index (κ2) is 5.94.